The molecular formula is C14H13N. The van der Waals surface area contributed by atoms with E-state index in [4.69, 9.17) is 5.73 Å². The summed E-state index contributed by atoms with van der Waals surface area (Å²) in [5.74, 6) is 0. The SMILES string of the molecule is Nc1ccc2ccccccccc2c1. The summed E-state index contributed by atoms with van der Waals surface area (Å²) in [5, 5.41) is 2.33. The molecule has 2 aromatic carbocycles. The Balaban J connectivity index is 2.77. The van der Waals surface area contributed by atoms with Crippen LogP contribution in [-0.4, -0.2) is 0 Å². The van der Waals surface area contributed by atoms with E-state index in [1.165, 1.54) is 5.39 Å². The number of benzene rings is 1. The number of hydrogen-bond donors (Lipinski definition) is 1. The molecule has 0 saturated heterocycles. The number of nitrogen functional groups attached to an aromatic ring is 1. The van der Waals surface area contributed by atoms with Gasteiger partial charge in [0.05, 0.1) is 0 Å². The highest BCUT2D eigenvalue weighted by Gasteiger charge is 1.88. The summed E-state index contributed by atoms with van der Waals surface area (Å²) in [4.78, 5) is 0. The van der Waals surface area contributed by atoms with Crippen molar-refractivity contribution in [3.05, 3.63) is 66.7 Å². The zero-order valence-electron chi connectivity index (χ0n) is 8.43. The second kappa shape index (κ2) is 4.47. The lowest BCUT2D eigenvalue weighted by Crippen LogP contribution is -1.82. The normalized spacial score (nSPS) is 9.60. The third-order valence-corrected chi connectivity index (χ3v) is 2.22. The van der Waals surface area contributed by atoms with Gasteiger partial charge in [0.2, 0.25) is 0 Å². The Morgan fingerprint density at radius 2 is 1.20 bits per heavy atom. The molecule has 2 rings (SSSR count). The molecule has 0 aliphatic carbocycles. The molecule has 0 unspecified atom stereocenters. The van der Waals surface area contributed by atoms with E-state index < -0.39 is 0 Å². The molecule has 1 heteroatoms. The van der Waals surface area contributed by atoms with Crippen LogP contribution in [0.2, 0.25) is 0 Å². The zero-order chi connectivity index (χ0) is 10.5. The molecule has 0 amide bonds. The van der Waals surface area contributed by atoms with Crippen molar-refractivity contribution in [2.24, 2.45) is 0 Å². The van der Waals surface area contributed by atoms with Gasteiger partial charge in [-0.1, -0.05) is 54.6 Å². The first-order valence-electron chi connectivity index (χ1n) is 4.94. The Bertz CT molecular complexity index is 516. The lowest BCUT2D eigenvalue weighted by atomic mass is 10.1. The number of hydrogen-bond acceptors (Lipinski definition) is 1. The van der Waals surface area contributed by atoms with Crippen LogP contribution in [0.4, 0.5) is 5.69 Å². The van der Waals surface area contributed by atoms with Crippen LogP contribution in [0.1, 0.15) is 0 Å². The minimum atomic E-state index is 0.795. The predicted molar refractivity (Wildman–Crippen MR) is 66.0 cm³/mol. The molecular weight excluding hydrogens is 182 g/mol. The molecule has 0 saturated carbocycles. The van der Waals surface area contributed by atoms with Crippen molar-refractivity contribution in [1.29, 1.82) is 0 Å². The molecule has 2 aromatic rings. The minimum Gasteiger partial charge on any atom is -0.399 e. The molecule has 0 bridgehead atoms. The third kappa shape index (κ3) is 2.47. The van der Waals surface area contributed by atoms with Crippen LogP contribution in [-0.2, 0) is 0 Å². The zero-order valence-corrected chi connectivity index (χ0v) is 8.43. The molecule has 0 atom stereocenters. The van der Waals surface area contributed by atoms with E-state index in [0.717, 1.165) is 11.1 Å². The summed E-state index contributed by atoms with van der Waals surface area (Å²) in [6, 6.07) is 22.1. The molecule has 0 heterocycles. The fourth-order valence-corrected chi connectivity index (χ4v) is 1.46. The second-order valence-corrected chi connectivity index (χ2v) is 3.38. The maximum atomic E-state index is 5.75. The maximum absolute atomic E-state index is 5.75. The van der Waals surface area contributed by atoms with Crippen molar-refractivity contribution in [2.45, 2.75) is 0 Å². The fraction of sp³-hybridized carbons (Fsp3) is 0. The van der Waals surface area contributed by atoms with Crippen molar-refractivity contribution in [2.75, 3.05) is 5.73 Å². The summed E-state index contributed by atoms with van der Waals surface area (Å²) in [6.45, 7) is 0. The van der Waals surface area contributed by atoms with Crippen LogP contribution < -0.4 is 5.73 Å². The van der Waals surface area contributed by atoms with E-state index in [1.54, 1.807) is 0 Å². The minimum absolute atomic E-state index is 0.795. The van der Waals surface area contributed by atoms with Gasteiger partial charge in [-0.05, 0) is 22.9 Å². The van der Waals surface area contributed by atoms with Gasteiger partial charge >= 0.3 is 0 Å². The van der Waals surface area contributed by atoms with Crippen molar-refractivity contribution < 1.29 is 0 Å². The maximum Gasteiger partial charge on any atom is 0.0320 e. The van der Waals surface area contributed by atoms with E-state index in [1.807, 2.05) is 54.6 Å². The highest BCUT2D eigenvalue weighted by Crippen LogP contribution is 2.14. The van der Waals surface area contributed by atoms with Crippen molar-refractivity contribution in [3.63, 3.8) is 0 Å². The first-order valence-corrected chi connectivity index (χ1v) is 4.94. The summed E-state index contributed by atoms with van der Waals surface area (Å²) in [5.41, 5.74) is 6.55. The summed E-state index contributed by atoms with van der Waals surface area (Å²) < 4.78 is 0. The van der Waals surface area contributed by atoms with Crippen LogP contribution >= 0.6 is 0 Å². The summed E-state index contributed by atoms with van der Waals surface area (Å²) >= 11 is 0. The molecule has 0 spiro atoms. The van der Waals surface area contributed by atoms with E-state index in [2.05, 4.69) is 12.1 Å². The van der Waals surface area contributed by atoms with Crippen molar-refractivity contribution >= 4 is 16.5 Å². The van der Waals surface area contributed by atoms with Crippen LogP contribution in [0.25, 0.3) is 10.8 Å². The Morgan fingerprint density at radius 3 is 1.93 bits per heavy atom. The summed E-state index contributed by atoms with van der Waals surface area (Å²) in [6.07, 6.45) is 0. The monoisotopic (exact) mass is 195 g/mol. The average molecular weight is 195 g/mol. The van der Waals surface area contributed by atoms with Gasteiger partial charge in [-0.2, -0.15) is 0 Å². The smallest absolute Gasteiger partial charge is 0.0320 e. The Kier molecular flexibility index (Phi) is 2.84. The van der Waals surface area contributed by atoms with Gasteiger partial charge < -0.3 is 5.73 Å². The lowest BCUT2D eigenvalue weighted by Gasteiger charge is -1.95. The average Bonchev–Trinajstić information content (AvgIpc) is 2.25. The van der Waals surface area contributed by atoms with E-state index >= 15 is 0 Å². The van der Waals surface area contributed by atoms with Gasteiger partial charge in [-0.25, -0.2) is 0 Å². The van der Waals surface area contributed by atoms with E-state index in [0.29, 0.717) is 0 Å². The van der Waals surface area contributed by atoms with E-state index in [-0.39, 0.29) is 0 Å². The first kappa shape index (κ1) is 9.53. The van der Waals surface area contributed by atoms with Gasteiger partial charge in [0.25, 0.3) is 0 Å². The van der Waals surface area contributed by atoms with Gasteiger partial charge in [0.1, 0.15) is 0 Å². The fourth-order valence-electron chi connectivity index (χ4n) is 1.46. The summed E-state index contributed by atoms with van der Waals surface area (Å²) in [7, 11) is 0. The highest BCUT2D eigenvalue weighted by atomic mass is 14.5. The Labute approximate surface area is 89.5 Å². The molecule has 0 aliphatic heterocycles. The molecule has 1 nitrogen and oxygen atoms in total. The third-order valence-electron chi connectivity index (χ3n) is 2.22. The molecule has 0 radical (unpaired) electrons. The second-order valence-electron chi connectivity index (χ2n) is 3.38. The van der Waals surface area contributed by atoms with Gasteiger partial charge in [-0.15, -0.1) is 0 Å². The van der Waals surface area contributed by atoms with E-state index in [9.17, 15) is 0 Å². The van der Waals surface area contributed by atoms with Crippen LogP contribution in [0, 0.1) is 0 Å². The van der Waals surface area contributed by atoms with Crippen molar-refractivity contribution in [1.82, 2.24) is 0 Å². The highest BCUT2D eigenvalue weighted by molar-refractivity contribution is 5.84. The molecule has 0 aliphatic rings. The first-order chi connectivity index (χ1) is 7.36. The predicted octanol–water partition coefficient (Wildman–Crippen LogP) is 3.55. The quantitative estimate of drug-likeness (QED) is 0.639. The topological polar surface area (TPSA) is 26.0 Å². The molecule has 0 fully saturated rings. The molecule has 74 valence electrons. The number of anilines is 1. The molecule has 15 heavy (non-hydrogen) atoms. The van der Waals surface area contributed by atoms with Crippen LogP contribution in [0.3, 0.4) is 0 Å². The number of nitrogens with two attached hydrogens (primary N) is 1. The molecule has 0 aromatic heterocycles. The van der Waals surface area contributed by atoms with Crippen molar-refractivity contribution in [3.8, 4) is 0 Å². The standard InChI is InChI=1S/C14H13N/c15-14-10-9-12-7-5-3-1-2-4-6-8-13(12)11-14/h1-11H,15H2. The largest absolute Gasteiger partial charge is 0.399 e. The number of fused-ring (bicyclic) bond motifs is 1. The lowest BCUT2D eigenvalue weighted by molar-refractivity contribution is 1.72. The number of rotatable bonds is 0. The Hall–Kier alpha value is -2.02. The Morgan fingerprint density at radius 1 is 0.600 bits per heavy atom. The molecule has 2 N–H and O–H groups in total. The van der Waals surface area contributed by atoms with Gasteiger partial charge in [0, 0.05) is 5.69 Å². The van der Waals surface area contributed by atoms with Gasteiger partial charge in [-0.3, -0.25) is 0 Å². The van der Waals surface area contributed by atoms with Crippen LogP contribution in [0.5, 0.6) is 0 Å². The van der Waals surface area contributed by atoms with Crippen LogP contribution in [0.15, 0.2) is 66.7 Å². The van der Waals surface area contributed by atoms with Gasteiger partial charge in [0.15, 0.2) is 0 Å².